The summed E-state index contributed by atoms with van der Waals surface area (Å²) in [7, 11) is 0. The van der Waals surface area contributed by atoms with Gasteiger partial charge in [0, 0.05) is 12.1 Å². The van der Waals surface area contributed by atoms with E-state index < -0.39 is 0 Å². The first-order chi connectivity index (χ1) is 6.99. The molecule has 2 fully saturated rings. The Morgan fingerprint density at radius 1 is 0.800 bits per heavy atom. The lowest BCUT2D eigenvalue weighted by Gasteiger charge is -2.28. The van der Waals surface area contributed by atoms with Crippen LogP contribution in [-0.4, -0.2) is 17.7 Å². The van der Waals surface area contributed by atoms with Crippen molar-refractivity contribution in [2.45, 2.75) is 69.1 Å². The van der Waals surface area contributed by atoms with Gasteiger partial charge in [0.1, 0.15) is 0 Å². The molecule has 8 N–H and O–H groups in total. The van der Waals surface area contributed by atoms with E-state index in [4.69, 9.17) is 22.9 Å². The van der Waals surface area contributed by atoms with E-state index in [1.54, 1.807) is 0 Å². The quantitative estimate of drug-likeness (QED) is 0.438. The molecule has 15 heavy (non-hydrogen) atoms. The number of nitrogens with two attached hydrogens (primary N) is 4. The lowest BCUT2D eigenvalue weighted by molar-refractivity contribution is 0.306. The van der Waals surface area contributed by atoms with Gasteiger partial charge in [-0.1, -0.05) is 19.3 Å². The minimum absolute atomic E-state index is 0.321. The molecular weight excluding hydrogens is 188 g/mol. The Morgan fingerprint density at radius 3 is 1.47 bits per heavy atom. The average molecular weight is 214 g/mol. The van der Waals surface area contributed by atoms with Gasteiger partial charge in [-0.25, -0.2) is 0 Å². The molecule has 0 radical (unpaired) electrons. The zero-order chi connectivity index (χ0) is 11.3. The van der Waals surface area contributed by atoms with Crippen LogP contribution in [0.25, 0.3) is 0 Å². The van der Waals surface area contributed by atoms with Crippen molar-refractivity contribution >= 4 is 0 Å². The molecule has 0 bridgehead atoms. The van der Waals surface area contributed by atoms with Crippen LogP contribution >= 0.6 is 0 Å². The molecule has 0 aromatic carbocycles. The maximum atomic E-state index is 5.66. The Bertz CT molecular complexity index is 165. The van der Waals surface area contributed by atoms with E-state index in [0.717, 1.165) is 32.1 Å². The van der Waals surface area contributed by atoms with Gasteiger partial charge in [0.2, 0.25) is 0 Å². The molecule has 0 aromatic rings. The van der Waals surface area contributed by atoms with Gasteiger partial charge in [0.05, 0.1) is 5.66 Å². The Kier molecular flexibility index (Phi) is 4.99. The number of rotatable bonds is 0. The molecule has 90 valence electrons. The SMILES string of the molecule is NC1(N)CCCCC1.NC1CCC(N)C1. The third-order valence-electron chi connectivity index (χ3n) is 3.30. The van der Waals surface area contributed by atoms with E-state index in [0.29, 0.717) is 12.1 Å². The van der Waals surface area contributed by atoms with Gasteiger partial charge in [0.15, 0.2) is 0 Å². The molecule has 2 saturated carbocycles. The summed E-state index contributed by atoms with van der Waals surface area (Å²) in [6.07, 6.45) is 9.04. The summed E-state index contributed by atoms with van der Waals surface area (Å²) in [5.41, 5.74) is 22.1. The van der Waals surface area contributed by atoms with E-state index in [1.807, 2.05) is 0 Å². The number of hydrogen-bond donors (Lipinski definition) is 4. The van der Waals surface area contributed by atoms with E-state index in [9.17, 15) is 0 Å². The Labute approximate surface area is 92.7 Å². The van der Waals surface area contributed by atoms with Crippen LogP contribution in [0.1, 0.15) is 51.4 Å². The van der Waals surface area contributed by atoms with Crippen LogP contribution in [0.4, 0.5) is 0 Å². The third-order valence-corrected chi connectivity index (χ3v) is 3.30. The molecule has 0 aromatic heterocycles. The van der Waals surface area contributed by atoms with Crippen molar-refractivity contribution in [3.63, 3.8) is 0 Å². The molecule has 2 rings (SSSR count). The van der Waals surface area contributed by atoms with Crippen LogP contribution in [0.3, 0.4) is 0 Å². The molecule has 2 atom stereocenters. The second kappa shape index (κ2) is 5.80. The van der Waals surface area contributed by atoms with Gasteiger partial charge in [0.25, 0.3) is 0 Å². The second-order valence-electron chi connectivity index (χ2n) is 5.13. The van der Waals surface area contributed by atoms with Gasteiger partial charge >= 0.3 is 0 Å². The molecule has 2 aliphatic carbocycles. The first-order valence-corrected chi connectivity index (χ1v) is 6.08. The van der Waals surface area contributed by atoms with Gasteiger partial charge in [-0.2, -0.15) is 0 Å². The minimum atomic E-state index is -0.321. The monoisotopic (exact) mass is 214 g/mol. The highest BCUT2D eigenvalue weighted by Crippen LogP contribution is 2.20. The van der Waals surface area contributed by atoms with E-state index in [1.165, 1.54) is 19.3 Å². The zero-order valence-corrected chi connectivity index (χ0v) is 9.62. The molecule has 0 aliphatic heterocycles. The normalized spacial score (nSPS) is 34.4. The summed E-state index contributed by atoms with van der Waals surface area (Å²) >= 11 is 0. The van der Waals surface area contributed by atoms with Gasteiger partial charge < -0.3 is 22.9 Å². The van der Waals surface area contributed by atoms with E-state index in [-0.39, 0.29) is 5.66 Å². The van der Waals surface area contributed by atoms with Crippen LogP contribution in [-0.2, 0) is 0 Å². The highest BCUT2D eigenvalue weighted by Gasteiger charge is 2.21. The van der Waals surface area contributed by atoms with Crippen LogP contribution in [0, 0.1) is 0 Å². The van der Waals surface area contributed by atoms with Crippen molar-refractivity contribution < 1.29 is 0 Å². The topological polar surface area (TPSA) is 104 Å². The fraction of sp³-hybridized carbons (Fsp3) is 1.00. The largest absolute Gasteiger partial charge is 0.328 e. The third kappa shape index (κ3) is 5.47. The Morgan fingerprint density at radius 2 is 1.27 bits per heavy atom. The highest BCUT2D eigenvalue weighted by molar-refractivity contribution is 4.80. The van der Waals surface area contributed by atoms with Crippen LogP contribution in [0.5, 0.6) is 0 Å². The van der Waals surface area contributed by atoms with Gasteiger partial charge in [-0.3, -0.25) is 0 Å². The summed E-state index contributed by atoms with van der Waals surface area (Å²) in [5, 5.41) is 0. The molecular formula is C11H26N4. The molecule has 0 amide bonds. The predicted molar refractivity (Wildman–Crippen MR) is 64.0 cm³/mol. The minimum Gasteiger partial charge on any atom is -0.328 e. The lowest BCUT2D eigenvalue weighted by atomic mass is 9.91. The average Bonchev–Trinajstić information content (AvgIpc) is 2.50. The number of hydrogen-bond acceptors (Lipinski definition) is 4. The zero-order valence-electron chi connectivity index (χ0n) is 9.62. The van der Waals surface area contributed by atoms with Crippen LogP contribution in [0.2, 0.25) is 0 Å². The predicted octanol–water partition coefficient (Wildman–Crippen LogP) is 0.389. The van der Waals surface area contributed by atoms with Crippen molar-refractivity contribution in [3.05, 3.63) is 0 Å². The van der Waals surface area contributed by atoms with Crippen molar-refractivity contribution in [1.29, 1.82) is 0 Å². The van der Waals surface area contributed by atoms with Crippen molar-refractivity contribution in [2.24, 2.45) is 22.9 Å². The van der Waals surface area contributed by atoms with Crippen LogP contribution in [0.15, 0.2) is 0 Å². The maximum absolute atomic E-state index is 5.66. The van der Waals surface area contributed by atoms with E-state index in [2.05, 4.69) is 0 Å². The summed E-state index contributed by atoms with van der Waals surface area (Å²) in [5.74, 6) is 0. The van der Waals surface area contributed by atoms with Crippen molar-refractivity contribution in [3.8, 4) is 0 Å². The standard InChI is InChI=1S/C6H14N2.C5H12N2/c7-6(8)4-2-1-3-5-6;6-4-1-2-5(7)3-4/h1-5,7-8H2;4-5H,1-3,6-7H2. The summed E-state index contributed by atoms with van der Waals surface area (Å²) in [6.45, 7) is 0. The van der Waals surface area contributed by atoms with Crippen LogP contribution < -0.4 is 22.9 Å². The van der Waals surface area contributed by atoms with E-state index >= 15 is 0 Å². The first-order valence-electron chi connectivity index (χ1n) is 6.08. The first kappa shape index (κ1) is 12.9. The van der Waals surface area contributed by atoms with Crippen molar-refractivity contribution in [2.75, 3.05) is 0 Å². The highest BCUT2D eigenvalue weighted by atomic mass is 14.9. The molecule has 4 heteroatoms. The maximum Gasteiger partial charge on any atom is 0.0636 e. The van der Waals surface area contributed by atoms with Gasteiger partial charge in [-0.05, 0) is 32.1 Å². The molecule has 0 saturated heterocycles. The summed E-state index contributed by atoms with van der Waals surface area (Å²) in [6, 6.07) is 0.796. The lowest BCUT2D eigenvalue weighted by Crippen LogP contribution is -2.50. The fourth-order valence-electron chi connectivity index (χ4n) is 2.26. The molecule has 4 nitrogen and oxygen atoms in total. The molecule has 2 aliphatic rings. The fourth-order valence-corrected chi connectivity index (χ4v) is 2.26. The molecule has 0 spiro atoms. The van der Waals surface area contributed by atoms with Crippen molar-refractivity contribution in [1.82, 2.24) is 0 Å². The van der Waals surface area contributed by atoms with Gasteiger partial charge in [-0.15, -0.1) is 0 Å². The Balaban J connectivity index is 0.000000151. The summed E-state index contributed by atoms with van der Waals surface area (Å²) < 4.78 is 0. The smallest absolute Gasteiger partial charge is 0.0636 e. The molecule has 2 unspecified atom stereocenters. The molecule has 0 heterocycles. The summed E-state index contributed by atoms with van der Waals surface area (Å²) in [4.78, 5) is 0. The Hall–Kier alpha value is -0.160. The second-order valence-corrected chi connectivity index (χ2v) is 5.13.